The van der Waals surface area contributed by atoms with E-state index < -0.39 is 0 Å². The number of nitrogens with one attached hydrogen (secondary N) is 2. The van der Waals surface area contributed by atoms with Gasteiger partial charge in [-0.25, -0.2) is 4.79 Å². The van der Waals surface area contributed by atoms with Crippen LogP contribution in [0.2, 0.25) is 10.0 Å². The summed E-state index contributed by atoms with van der Waals surface area (Å²) < 4.78 is 0. The fourth-order valence-electron chi connectivity index (χ4n) is 1.53. The maximum atomic E-state index is 11.4. The van der Waals surface area contributed by atoms with E-state index in [9.17, 15) is 4.79 Å². The highest BCUT2D eigenvalue weighted by Gasteiger charge is 2.05. The molecule has 0 bridgehead atoms. The molecule has 106 valence electrons. The number of halogens is 2. The van der Waals surface area contributed by atoms with Crippen LogP contribution in [0.4, 0.5) is 4.79 Å². The zero-order valence-corrected chi connectivity index (χ0v) is 12.3. The molecular formula is C13H18Cl2N2O2. The molecule has 2 amide bonds. The molecule has 4 nitrogen and oxygen atoms in total. The van der Waals surface area contributed by atoms with Crippen molar-refractivity contribution in [2.45, 2.75) is 25.8 Å². The molecule has 0 spiro atoms. The van der Waals surface area contributed by atoms with Crippen LogP contribution < -0.4 is 10.6 Å². The minimum absolute atomic E-state index is 0.0756. The number of aliphatic hydroxyl groups is 1. The Labute approximate surface area is 123 Å². The van der Waals surface area contributed by atoms with E-state index in [1.165, 1.54) is 0 Å². The van der Waals surface area contributed by atoms with Gasteiger partial charge in [-0.05, 0) is 37.5 Å². The standard InChI is InChI=1S/C13H18Cl2N2O2/c1-9(8-18)17-13(19)16-6-2-3-10-4-5-11(14)7-12(10)15/h4-5,7,9,18H,2-3,6,8H2,1H3,(H2,16,17,19). The van der Waals surface area contributed by atoms with Gasteiger partial charge in [-0.15, -0.1) is 0 Å². The largest absolute Gasteiger partial charge is 0.394 e. The third kappa shape index (κ3) is 6.14. The predicted molar refractivity (Wildman–Crippen MR) is 77.9 cm³/mol. The van der Waals surface area contributed by atoms with E-state index in [-0.39, 0.29) is 18.7 Å². The Kier molecular flexibility index (Phi) is 6.99. The number of hydrogen-bond acceptors (Lipinski definition) is 2. The van der Waals surface area contributed by atoms with Crippen LogP contribution in [0.25, 0.3) is 0 Å². The van der Waals surface area contributed by atoms with Crippen molar-refractivity contribution in [1.29, 1.82) is 0 Å². The Hall–Kier alpha value is -0.970. The first-order valence-electron chi connectivity index (χ1n) is 6.12. The highest BCUT2D eigenvalue weighted by molar-refractivity contribution is 6.35. The Morgan fingerprint density at radius 3 is 2.79 bits per heavy atom. The second-order valence-electron chi connectivity index (χ2n) is 4.32. The summed E-state index contributed by atoms with van der Waals surface area (Å²) in [7, 11) is 0. The van der Waals surface area contributed by atoms with Gasteiger partial charge in [-0.3, -0.25) is 0 Å². The molecule has 1 unspecified atom stereocenters. The molecule has 0 radical (unpaired) electrons. The van der Waals surface area contributed by atoms with Crippen molar-refractivity contribution < 1.29 is 9.90 Å². The summed E-state index contributed by atoms with van der Waals surface area (Å²) in [5.74, 6) is 0. The summed E-state index contributed by atoms with van der Waals surface area (Å²) in [5.41, 5.74) is 1.01. The van der Waals surface area contributed by atoms with E-state index in [1.54, 1.807) is 19.1 Å². The van der Waals surface area contributed by atoms with Gasteiger partial charge in [0.2, 0.25) is 0 Å². The fourth-order valence-corrected chi connectivity index (χ4v) is 2.03. The topological polar surface area (TPSA) is 61.4 Å². The number of hydrogen-bond donors (Lipinski definition) is 3. The van der Waals surface area contributed by atoms with Crippen LogP contribution in [0.3, 0.4) is 0 Å². The molecule has 0 saturated carbocycles. The lowest BCUT2D eigenvalue weighted by Crippen LogP contribution is -2.42. The summed E-state index contributed by atoms with van der Waals surface area (Å²) in [6.07, 6.45) is 1.55. The molecule has 1 atom stereocenters. The van der Waals surface area contributed by atoms with Crippen LogP contribution in [0.15, 0.2) is 18.2 Å². The van der Waals surface area contributed by atoms with Crippen molar-refractivity contribution in [3.63, 3.8) is 0 Å². The van der Waals surface area contributed by atoms with Crippen molar-refractivity contribution >= 4 is 29.2 Å². The van der Waals surface area contributed by atoms with Gasteiger partial charge < -0.3 is 15.7 Å². The van der Waals surface area contributed by atoms with Gasteiger partial charge in [0.1, 0.15) is 0 Å². The van der Waals surface area contributed by atoms with Gasteiger partial charge in [-0.2, -0.15) is 0 Å². The molecule has 0 fully saturated rings. The van der Waals surface area contributed by atoms with Crippen molar-refractivity contribution in [3.05, 3.63) is 33.8 Å². The normalized spacial score (nSPS) is 12.0. The fraction of sp³-hybridized carbons (Fsp3) is 0.462. The lowest BCUT2D eigenvalue weighted by Gasteiger charge is -2.12. The Morgan fingerprint density at radius 1 is 1.42 bits per heavy atom. The Morgan fingerprint density at radius 2 is 2.16 bits per heavy atom. The van der Waals surface area contributed by atoms with Gasteiger partial charge in [-0.1, -0.05) is 29.3 Å². The first kappa shape index (κ1) is 16.1. The number of aryl methyl sites for hydroxylation is 1. The van der Waals surface area contributed by atoms with Gasteiger partial charge >= 0.3 is 6.03 Å². The Bertz CT molecular complexity index is 427. The monoisotopic (exact) mass is 304 g/mol. The molecule has 1 rings (SSSR count). The lowest BCUT2D eigenvalue weighted by atomic mass is 10.1. The number of urea groups is 1. The summed E-state index contributed by atoms with van der Waals surface area (Å²) in [5, 5.41) is 15.4. The number of rotatable bonds is 6. The molecule has 0 aromatic heterocycles. The minimum Gasteiger partial charge on any atom is -0.394 e. The molecule has 0 aliphatic heterocycles. The average Bonchev–Trinajstić information content (AvgIpc) is 2.36. The van der Waals surface area contributed by atoms with Crippen LogP contribution in [0.5, 0.6) is 0 Å². The summed E-state index contributed by atoms with van der Waals surface area (Å²) in [6.45, 7) is 2.20. The van der Waals surface area contributed by atoms with Gasteiger partial charge in [0.05, 0.1) is 12.6 Å². The van der Waals surface area contributed by atoms with Gasteiger partial charge in [0.15, 0.2) is 0 Å². The molecular weight excluding hydrogens is 287 g/mol. The van der Waals surface area contributed by atoms with Gasteiger partial charge in [0, 0.05) is 16.6 Å². The molecule has 1 aromatic rings. The maximum Gasteiger partial charge on any atom is 0.315 e. The van der Waals surface area contributed by atoms with E-state index in [0.29, 0.717) is 16.6 Å². The van der Waals surface area contributed by atoms with Gasteiger partial charge in [0.25, 0.3) is 0 Å². The minimum atomic E-state index is -0.274. The van der Waals surface area contributed by atoms with E-state index in [0.717, 1.165) is 18.4 Å². The quantitative estimate of drug-likeness (QED) is 0.708. The van der Waals surface area contributed by atoms with Crippen molar-refractivity contribution in [2.75, 3.05) is 13.2 Å². The number of carbonyl (C=O) groups excluding carboxylic acids is 1. The third-order valence-electron chi connectivity index (χ3n) is 2.57. The van der Waals surface area contributed by atoms with Crippen LogP contribution in [0.1, 0.15) is 18.9 Å². The smallest absolute Gasteiger partial charge is 0.315 e. The highest BCUT2D eigenvalue weighted by Crippen LogP contribution is 2.21. The Balaban J connectivity index is 2.25. The zero-order chi connectivity index (χ0) is 14.3. The number of carbonyl (C=O) groups is 1. The van der Waals surface area contributed by atoms with E-state index in [4.69, 9.17) is 28.3 Å². The molecule has 0 aliphatic carbocycles. The molecule has 19 heavy (non-hydrogen) atoms. The third-order valence-corrected chi connectivity index (χ3v) is 3.16. The van der Waals surface area contributed by atoms with E-state index in [1.807, 2.05) is 6.07 Å². The molecule has 0 saturated heterocycles. The molecule has 3 N–H and O–H groups in total. The van der Waals surface area contributed by atoms with Crippen LogP contribution in [-0.2, 0) is 6.42 Å². The van der Waals surface area contributed by atoms with E-state index >= 15 is 0 Å². The van der Waals surface area contributed by atoms with Crippen LogP contribution in [-0.4, -0.2) is 30.3 Å². The zero-order valence-electron chi connectivity index (χ0n) is 10.7. The number of aliphatic hydroxyl groups excluding tert-OH is 1. The molecule has 0 aliphatic rings. The maximum absolute atomic E-state index is 11.4. The number of amides is 2. The second-order valence-corrected chi connectivity index (χ2v) is 5.17. The number of benzene rings is 1. The average molecular weight is 305 g/mol. The second kappa shape index (κ2) is 8.25. The molecule has 6 heteroatoms. The SMILES string of the molecule is CC(CO)NC(=O)NCCCc1ccc(Cl)cc1Cl. The first-order valence-corrected chi connectivity index (χ1v) is 6.87. The summed E-state index contributed by atoms with van der Waals surface area (Å²) >= 11 is 11.9. The summed E-state index contributed by atoms with van der Waals surface area (Å²) in [6, 6.07) is 4.88. The molecule has 0 heterocycles. The van der Waals surface area contributed by atoms with Crippen molar-refractivity contribution in [3.8, 4) is 0 Å². The lowest BCUT2D eigenvalue weighted by molar-refractivity contribution is 0.220. The first-order chi connectivity index (χ1) is 9.02. The summed E-state index contributed by atoms with van der Waals surface area (Å²) in [4.78, 5) is 11.4. The van der Waals surface area contributed by atoms with E-state index in [2.05, 4.69) is 10.6 Å². The molecule has 1 aromatic carbocycles. The van der Waals surface area contributed by atoms with Crippen LogP contribution in [0, 0.1) is 0 Å². The predicted octanol–water partition coefficient (Wildman–Crippen LogP) is 2.61. The van der Waals surface area contributed by atoms with Crippen molar-refractivity contribution in [2.24, 2.45) is 0 Å². The highest BCUT2D eigenvalue weighted by atomic mass is 35.5. The van der Waals surface area contributed by atoms with Crippen LogP contribution >= 0.6 is 23.2 Å². The van der Waals surface area contributed by atoms with Crippen molar-refractivity contribution in [1.82, 2.24) is 10.6 Å².